The van der Waals surface area contributed by atoms with E-state index in [1.54, 1.807) is 0 Å². The van der Waals surface area contributed by atoms with Crippen LogP contribution >= 0.6 is 0 Å². The average Bonchev–Trinajstić information content (AvgIpc) is 2.76. The van der Waals surface area contributed by atoms with E-state index in [0.29, 0.717) is 30.8 Å². The molecule has 1 aliphatic carbocycles. The second-order valence-corrected chi connectivity index (χ2v) is 8.35. The van der Waals surface area contributed by atoms with Crippen molar-refractivity contribution in [2.24, 2.45) is 5.92 Å². The van der Waals surface area contributed by atoms with Gasteiger partial charge in [-0.1, -0.05) is 60.7 Å². The third-order valence-electron chi connectivity index (χ3n) is 6.34. The molecule has 0 aromatic heterocycles. The molecule has 1 heterocycles. The largest absolute Gasteiger partial charge is 0.377 e. The molecule has 0 N–H and O–H groups in total. The van der Waals surface area contributed by atoms with Crippen LogP contribution in [0.4, 0.5) is 0 Å². The van der Waals surface area contributed by atoms with E-state index in [4.69, 9.17) is 4.74 Å². The minimum atomic E-state index is 0.0318. The Hall–Kier alpha value is -1.97. The number of rotatable bonds is 6. The zero-order valence-corrected chi connectivity index (χ0v) is 16.6. The number of piperidine rings is 1. The first-order valence-corrected chi connectivity index (χ1v) is 10.7. The number of ketones is 1. The summed E-state index contributed by atoms with van der Waals surface area (Å²) >= 11 is 0. The summed E-state index contributed by atoms with van der Waals surface area (Å²) in [6.45, 7) is 3.21. The lowest BCUT2D eigenvalue weighted by Gasteiger charge is -2.34. The second-order valence-electron chi connectivity index (χ2n) is 8.35. The summed E-state index contributed by atoms with van der Waals surface area (Å²) in [5.41, 5.74) is 2.77. The predicted octanol–water partition coefficient (Wildman–Crippen LogP) is 4.82. The SMILES string of the molecule is O=C1CCN(Cc2ccccc2)C[C@H]1COC1CCC(c2ccccc2)CC1. The van der Waals surface area contributed by atoms with Gasteiger partial charge in [-0.05, 0) is 42.7 Å². The van der Waals surface area contributed by atoms with Gasteiger partial charge in [0.2, 0.25) is 0 Å². The molecular weight excluding hydrogens is 346 g/mol. The Morgan fingerprint density at radius 1 is 0.893 bits per heavy atom. The van der Waals surface area contributed by atoms with Crippen molar-refractivity contribution in [3.63, 3.8) is 0 Å². The van der Waals surface area contributed by atoms with Crippen LogP contribution in [0, 0.1) is 5.92 Å². The molecule has 4 rings (SSSR count). The van der Waals surface area contributed by atoms with Gasteiger partial charge in [-0.3, -0.25) is 9.69 Å². The summed E-state index contributed by atoms with van der Waals surface area (Å²) in [5.74, 6) is 1.07. The van der Waals surface area contributed by atoms with Crippen molar-refractivity contribution in [3.8, 4) is 0 Å². The Morgan fingerprint density at radius 2 is 1.57 bits per heavy atom. The van der Waals surface area contributed by atoms with E-state index in [0.717, 1.165) is 32.5 Å². The first-order valence-electron chi connectivity index (χ1n) is 10.7. The molecular formula is C25H31NO2. The Bertz CT molecular complexity index is 738. The third-order valence-corrected chi connectivity index (χ3v) is 6.34. The van der Waals surface area contributed by atoms with Crippen molar-refractivity contribution >= 4 is 5.78 Å². The van der Waals surface area contributed by atoms with E-state index in [1.807, 2.05) is 6.07 Å². The van der Waals surface area contributed by atoms with Gasteiger partial charge in [-0.2, -0.15) is 0 Å². The number of Topliss-reactive ketones (excluding diaryl/α,β-unsaturated/α-hetero) is 1. The molecule has 3 nitrogen and oxygen atoms in total. The molecule has 1 saturated heterocycles. The maximum atomic E-state index is 12.4. The predicted molar refractivity (Wildman–Crippen MR) is 112 cm³/mol. The van der Waals surface area contributed by atoms with E-state index in [1.165, 1.54) is 24.0 Å². The lowest BCUT2D eigenvalue weighted by Crippen LogP contribution is -2.42. The molecule has 1 atom stereocenters. The summed E-state index contributed by atoms with van der Waals surface area (Å²) in [7, 11) is 0. The van der Waals surface area contributed by atoms with E-state index < -0.39 is 0 Å². The molecule has 1 saturated carbocycles. The van der Waals surface area contributed by atoms with Gasteiger partial charge in [0.15, 0.2) is 0 Å². The Labute approximate surface area is 168 Å². The number of hydrogen-bond acceptors (Lipinski definition) is 3. The molecule has 0 unspecified atom stereocenters. The number of ether oxygens (including phenoxy) is 1. The van der Waals surface area contributed by atoms with Crippen LogP contribution in [-0.4, -0.2) is 36.5 Å². The Morgan fingerprint density at radius 3 is 2.29 bits per heavy atom. The molecule has 0 radical (unpaired) electrons. The molecule has 1 aliphatic heterocycles. The lowest BCUT2D eigenvalue weighted by molar-refractivity contribution is -0.130. The standard InChI is InChI=1S/C25H31NO2/c27-25-15-16-26(17-20-7-3-1-4-8-20)18-23(25)19-28-24-13-11-22(12-14-24)21-9-5-2-6-10-21/h1-10,22-24H,11-19H2/t22?,23-,24?/m0/s1. The minimum absolute atomic E-state index is 0.0318. The molecule has 0 amide bonds. The summed E-state index contributed by atoms with van der Waals surface area (Å²) < 4.78 is 6.23. The van der Waals surface area contributed by atoms with E-state index in [-0.39, 0.29) is 5.92 Å². The zero-order chi connectivity index (χ0) is 19.2. The van der Waals surface area contributed by atoms with Gasteiger partial charge in [0.25, 0.3) is 0 Å². The van der Waals surface area contributed by atoms with Gasteiger partial charge in [0.05, 0.1) is 18.6 Å². The molecule has 2 fully saturated rings. The average molecular weight is 378 g/mol. The Kier molecular flexibility index (Phi) is 6.56. The molecule has 28 heavy (non-hydrogen) atoms. The maximum absolute atomic E-state index is 12.4. The fourth-order valence-electron chi connectivity index (χ4n) is 4.65. The summed E-state index contributed by atoms with van der Waals surface area (Å²) in [6.07, 6.45) is 5.56. The fourth-order valence-corrected chi connectivity index (χ4v) is 4.65. The first kappa shape index (κ1) is 19.4. The molecule has 2 aromatic carbocycles. The highest BCUT2D eigenvalue weighted by Crippen LogP contribution is 2.34. The van der Waals surface area contributed by atoms with Crippen LogP contribution in [0.3, 0.4) is 0 Å². The van der Waals surface area contributed by atoms with Gasteiger partial charge < -0.3 is 4.74 Å². The van der Waals surface area contributed by atoms with Crippen LogP contribution in [0.25, 0.3) is 0 Å². The van der Waals surface area contributed by atoms with Crippen LogP contribution < -0.4 is 0 Å². The van der Waals surface area contributed by atoms with Crippen molar-refractivity contribution in [1.82, 2.24) is 4.90 Å². The summed E-state index contributed by atoms with van der Waals surface area (Å²) in [5, 5.41) is 0. The van der Waals surface area contributed by atoms with Crippen LogP contribution in [0.5, 0.6) is 0 Å². The normalized spacial score (nSPS) is 26.3. The van der Waals surface area contributed by atoms with Crippen LogP contribution in [0.15, 0.2) is 60.7 Å². The molecule has 3 heteroatoms. The second kappa shape index (κ2) is 9.49. The monoisotopic (exact) mass is 377 g/mol. The topological polar surface area (TPSA) is 29.5 Å². The number of hydrogen-bond donors (Lipinski definition) is 0. The van der Waals surface area contributed by atoms with Crippen LogP contribution in [0.1, 0.15) is 49.1 Å². The fraction of sp³-hybridized carbons (Fsp3) is 0.480. The summed E-state index contributed by atoms with van der Waals surface area (Å²) in [6, 6.07) is 21.4. The zero-order valence-electron chi connectivity index (χ0n) is 16.6. The first-order chi connectivity index (χ1) is 13.8. The van der Waals surface area contributed by atoms with Crippen LogP contribution in [-0.2, 0) is 16.1 Å². The van der Waals surface area contributed by atoms with Crippen molar-refractivity contribution in [3.05, 3.63) is 71.8 Å². The summed E-state index contributed by atoms with van der Waals surface area (Å²) in [4.78, 5) is 14.8. The molecule has 0 spiro atoms. The molecule has 0 bridgehead atoms. The van der Waals surface area contributed by atoms with Gasteiger partial charge in [-0.25, -0.2) is 0 Å². The van der Waals surface area contributed by atoms with Gasteiger partial charge >= 0.3 is 0 Å². The molecule has 2 aliphatic rings. The quantitative estimate of drug-likeness (QED) is 0.723. The van der Waals surface area contributed by atoms with Gasteiger partial charge in [0.1, 0.15) is 5.78 Å². The van der Waals surface area contributed by atoms with Gasteiger partial charge in [-0.15, -0.1) is 0 Å². The van der Waals surface area contributed by atoms with Crippen LogP contribution in [0.2, 0.25) is 0 Å². The van der Waals surface area contributed by atoms with Crippen molar-refractivity contribution in [2.45, 2.75) is 50.7 Å². The van der Waals surface area contributed by atoms with Gasteiger partial charge in [0, 0.05) is 26.1 Å². The number of nitrogens with zero attached hydrogens (tertiary/aromatic N) is 1. The number of carbonyl (C=O) groups is 1. The number of benzene rings is 2. The smallest absolute Gasteiger partial charge is 0.140 e. The number of carbonyl (C=O) groups excluding carboxylic acids is 1. The lowest BCUT2D eigenvalue weighted by atomic mass is 9.83. The third kappa shape index (κ3) is 5.09. The number of likely N-dealkylation sites (tertiary alicyclic amines) is 1. The van der Waals surface area contributed by atoms with Crippen molar-refractivity contribution in [1.29, 1.82) is 0 Å². The van der Waals surface area contributed by atoms with E-state index in [2.05, 4.69) is 59.5 Å². The highest BCUT2D eigenvalue weighted by atomic mass is 16.5. The maximum Gasteiger partial charge on any atom is 0.140 e. The highest BCUT2D eigenvalue weighted by Gasteiger charge is 2.29. The highest BCUT2D eigenvalue weighted by molar-refractivity contribution is 5.82. The molecule has 2 aromatic rings. The Balaban J connectivity index is 1.23. The van der Waals surface area contributed by atoms with Crippen molar-refractivity contribution in [2.75, 3.05) is 19.7 Å². The molecule has 148 valence electrons. The minimum Gasteiger partial charge on any atom is -0.377 e. The van der Waals surface area contributed by atoms with Crippen molar-refractivity contribution < 1.29 is 9.53 Å². The van der Waals surface area contributed by atoms with E-state index >= 15 is 0 Å². The van der Waals surface area contributed by atoms with E-state index in [9.17, 15) is 4.79 Å².